The van der Waals surface area contributed by atoms with Gasteiger partial charge in [-0.25, -0.2) is 14.6 Å². The number of hydrogen-bond acceptors (Lipinski definition) is 5. The molecule has 0 aliphatic rings. The minimum absolute atomic E-state index is 0.194. The zero-order valence-electron chi connectivity index (χ0n) is 11.8. The Morgan fingerprint density at radius 3 is 2.73 bits per heavy atom. The molecule has 0 bridgehead atoms. The summed E-state index contributed by atoms with van der Waals surface area (Å²) in [4.78, 5) is 21.5. The number of aromatic nitrogens is 4. The molecular formula is C15H13N5OS. The van der Waals surface area contributed by atoms with Crippen LogP contribution < -0.4 is 5.32 Å². The van der Waals surface area contributed by atoms with Crippen molar-refractivity contribution in [2.45, 2.75) is 4.90 Å². The van der Waals surface area contributed by atoms with Crippen LogP contribution in [0.3, 0.4) is 0 Å². The molecule has 3 aromatic rings. The number of nitrogens with zero attached hydrogens (tertiary/aromatic N) is 4. The van der Waals surface area contributed by atoms with E-state index in [9.17, 15) is 4.79 Å². The standard InChI is InChI=1S/C15H13N5OS/c1-22-13-4-2-12(3-5-13)19-15(21)11-6-7-17-14(8-11)20-10-16-9-18-20/h2-10H,1H3,(H,19,21). The van der Waals surface area contributed by atoms with Crippen LogP contribution >= 0.6 is 11.8 Å². The van der Waals surface area contributed by atoms with Gasteiger partial charge in [0.2, 0.25) is 0 Å². The predicted molar refractivity (Wildman–Crippen MR) is 85.3 cm³/mol. The number of rotatable bonds is 4. The van der Waals surface area contributed by atoms with E-state index in [1.54, 1.807) is 30.1 Å². The van der Waals surface area contributed by atoms with Crippen molar-refractivity contribution >= 4 is 23.4 Å². The zero-order chi connectivity index (χ0) is 15.4. The van der Waals surface area contributed by atoms with Crippen molar-refractivity contribution in [1.82, 2.24) is 19.7 Å². The summed E-state index contributed by atoms with van der Waals surface area (Å²) >= 11 is 1.66. The third-order valence-corrected chi connectivity index (χ3v) is 3.75. The Bertz CT molecular complexity index is 771. The third-order valence-electron chi connectivity index (χ3n) is 3.01. The van der Waals surface area contributed by atoms with Gasteiger partial charge in [0.05, 0.1) is 0 Å². The maximum atomic E-state index is 12.3. The monoisotopic (exact) mass is 311 g/mol. The number of nitrogens with one attached hydrogen (secondary N) is 1. The van der Waals surface area contributed by atoms with Crippen molar-refractivity contribution in [2.24, 2.45) is 0 Å². The second kappa shape index (κ2) is 6.40. The maximum absolute atomic E-state index is 12.3. The molecule has 0 saturated heterocycles. The highest BCUT2D eigenvalue weighted by Gasteiger charge is 2.08. The molecule has 0 radical (unpaired) electrons. The maximum Gasteiger partial charge on any atom is 0.255 e. The smallest absolute Gasteiger partial charge is 0.255 e. The summed E-state index contributed by atoms with van der Waals surface area (Å²) in [5, 5.41) is 6.86. The lowest BCUT2D eigenvalue weighted by atomic mass is 10.2. The molecule has 0 unspecified atom stereocenters. The second-order valence-electron chi connectivity index (χ2n) is 4.43. The van der Waals surface area contributed by atoms with Crippen LogP contribution in [0, 0.1) is 0 Å². The van der Waals surface area contributed by atoms with Crippen molar-refractivity contribution in [1.29, 1.82) is 0 Å². The first-order valence-corrected chi connectivity index (χ1v) is 7.75. The van der Waals surface area contributed by atoms with E-state index in [4.69, 9.17) is 0 Å². The van der Waals surface area contributed by atoms with Gasteiger partial charge in [0.15, 0.2) is 5.82 Å². The number of anilines is 1. The van der Waals surface area contributed by atoms with Gasteiger partial charge in [0.1, 0.15) is 12.7 Å². The van der Waals surface area contributed by atoms with E-state index in [1.165, 1.54) is 17.3 Å². The number of benzene rings is 1. The van der Waals surface area contributed by atoms with Gasteiger partial charge in [0.25, 0.3) is 5.91 Å². The zero-order valence-corrected chi connectivity index (χ0v) is 12.6. The molecule has 0 saturated carbocycles. The van der Waals surface area contributed by atoms with Crippen LogP contribution in [0.25, 0.3) is 5.82 Å². The fourth-order valence-corrected chi connectivity index (χ4v) is 2.30. The molecule has 110 valence electrons. The molecule has 0 spiro atoms. The number of hydrogen-bond donors (Lipinski definition) is 1. The molecule has 0 aliphatic carbocycles. The van der Waals surface area contributed by atoms with Gasteiger partial charge < -0.3 is 5.32 Å². The van der Waals surface area contributed by atoms with Crippen LogP contribution in [0.5, 0.6) is 0 Å². The van der Waals surface area contributed by atoms with Crippen LogP contribution in [0.15, 0.2) is 60.1 Å². The largest absolute Gasteiger partial charge is 0.322 e. The summed E-state index contributed by atoms with van der Waals surface area (Å²) in [6, 6.07) is 11.0. The Labute approximate surface area is 131 Å². The molecule has 0 fully saturated rings. The van der Waals surface area contributed by atoms with E-state index in [-0.39, 0.29) is 5.91 Å². The van der Waals surface area contributed by atoms with Gasteiger partial charge in [-0.15, -0.1) is 11.8 Å². The number of carbonyl (C=O) groups is 1. The average molecular weight is 311 g/mol. The van der Waals surface area contributed by atoms with Crippen molar-refractivity contribution in [3.8, 4) is 5.82 Å². The number of pyridine rings is 1. The first kappa shape index (κ1) is 14.3. The van der Waals surface area contributed by atoms with E-state index in [1.807, 2.05) is 30.5 Å². The van der Waals surface area contributed by atoms with Gasteiger partial charge in [0, 0.05) is 22.3 Å². The highest BCUT2D eigenvalue weighted by molar-refractivity contribution is 7.98. The normalized spacial score (nSPS) is 10.4. The van der Waals surface area contributed by atoms with E-state index >= 15 is 0 Å². The molecule has 1 aromatic carbocycles. The minimum atomic E-state index is -0.194. The lowest BCUT2D eigenvalue weighted by Gasteiger charge is -2.07. The first-order valence-electron chi connectivity index (χ1n) is 6.53. The Morgan fingerprint density at radius 1 is 1.23 bits per heavy atom. The van der Waals surface area contributed by atoms with Crippen LogP contribution in [0.4, 0.5) is 5.69 Å². The van der Waals surface area contributed by atoms with E-state index in [2.05, 4.69) is 20.4 Å². The van der Waals surface area contributed by atoms with Crippen LogP contribution in [-0.4, -0.2) is 31.9 Å². The Morgan fingerprint density at radius 2 is 2.05 bits per heavy atom. The molecule has 3 rings (SSSR count). The number of carbonyl (C=O) groups excluding carboxylic acids is 1. The van der Waals surface area contributed by atoms with Crippen molar-refractivity contribution in [3.05, 3.63) is 60.8 Å². The Kier molecular flexibility index (Phi) is 4.15. The second-order valence-corrected chi connectivity index (χ2v) is 5.31. The van der Waals surface area contributed by atoms with E-state index in [0.29, 0.717) is 11.4 Å². The molecule has 0 aliphatic heterocycles. The minimum Gasteiger partial charge on any atom is -0.322 e. The summed E-state index contributed by atoms with van der Waals surface area (Å²) in [7, 11) is 0. The number of thioether (sulfide) groups is 1. The van der Waals surface area contributed by atoms with Gasteiger partial charge in [-0.3, -0.25) is 4.79 Å². The summed E-state index contributed by atoms with van der Waals surface area (Å²) in [5.41, 5.74) is 1.26. The van der Waals surface area contributed by atoms with Crippen molar-refractivity contribution < 1.29 is 4.79 Å². The molecule has 7 heteroatoms. The molecule has 2 heterocycles. The van der Waals surface area contributed by atoms with Gasteiger partial charge in [-0.1, -0.05) is 0 Å². The van der Waals surface area contributed by atoms with Crippen molar-refractivity contribution in [3.63, 3.8) is 0 Å². The molecule has 1 N–H and O–H groups in total. The molecule has 1 amide bonds. The lowest BCUT2D eigenvalue weighted by Crippen LogP contribution is -2.13. The predicted octanol–water partition coefficient (Wildman–Crippen LogP) is 2.64. The highest BCUT2D eigenvalue weighted by Crippen LogP contribution is 2.18. The quantitative estimate of drug-likeness (QED) is 0.750. The average Bonchev–Trinajstić information content (AvgIpc) is 3.10. The summed E-state index contributed by atoms with van der Waals surface area (Å²) in [5.74, 6) is 0.351. The van der Waals surface area contributed by atoms with Crippen LogP contribution in [0.1, 0.15) is 10.4 Å². The summed E-state index contributed by atoms with van der Waals surface area (Å²) < 4.78 is 1.50. The molecule has 6 nitrogen and oxygen atoms in total. The SMILES string of the molecule is CSc1ccc(NC(=O)c2ccnc(-n3cncn3)c2)cc1. The van der Waals surface area contributed by atoms with E-state index in [0.717, 1.165) is 10.6 Å². The van der Waals surface area contributed by atoms with E-state index < -0.39 is 0 Å². The molecular weight excluding hydrogens is 298 g/mol. The molecule has 22 heavy (non-hydrogen) atoms. The van der Waals surface area contributed by atoms with Crippen LogP contribution in [-0.2, 0) is 0 Å². The third kappa shape index (κ3) is 3.15. The van der Waals surface area contributed by atoms with Gasteiger partial charge in [-0.05, 0) is 42.7 Å². The fourth-order valence-electron chi connectivity index (χ4n) is 1.89. The van der Waals surface area contributed by atoms with Crippen LogP contribution in [0.2, 0.25) is 0 Å². The van der Waals surface area contributed by atoms with Crippen molar-refractivity contribution in [2.75, 3.05) is 11.6 Å². The Balaban J connectivity index is 1.78. The summed E-state index contributed by atoms with van der Waals surface area (Å²) in [6.07, 6.45) is 6.53. The van der Waals surface area contributed by atoms with Gasteiger partial charge >= 0.3 is 0 Å². The molecule has 2 aromatic heterocycles. The number of amides is 1. The lowest BCUT2D eigenvalue weighted by molar-refractivity contribution is 0.102. The Hall–Kier alpha value is -2.67. The first-order chi connectivity index (χ1) is 10.8. The topological polar surface area (TPSA) is 72.7 Å². The molecule has 0 atom stereocenters. The highest BCUT2D eigenvalue weighted by atomic mass is 32.2. The fraction of sp³-hybridized carbons (Fsp3) is 0.0667. The van der Waals surface area contributed by atoms with Gasteiger partial charge in [-0.2, -0.15) is 5.10 Å². The summed E-state index contributed by atoms with van der Waals surface area (Å²) in [6.45, 7) is 0.